The van der Waals surface area contributed by atoms with Gasteiger partial charge in [0.2, 0.25) is 0 Å². The maximum atomic E-state index is 11.3. The Morgan fingerprint density at radius 3 is 1.12 bits per heavy atom. The van der Waals surface area contributed by atoms with Gasteiger partial charge in [-0.2, -0.15) is 0 Å². The van der Waals surface area contributed by atoms with Gasteiger partial charge in [0, 0.05) is 0 Å². The number of hydrogen-bond donors (Lipinski definition) is 3. The van der Waals surface area contributed by atoms with Crippen LogP contribution in [0.4, 0.5) is 0 Å². The predicted molar refractivity (Wildman–Crippen MR) is 103 cm³/mol. The van der Waals surface area contributed by atoms with Crippen LogP contribution in [-0.4, -0.2) is 33.1 Å². The Labute approximate surface area is 150 Å². The van der Waals surface area contributed by atoms with E-state index in [4.69, 9.17) is 0 Å². The van der Waals surface area contributed by atoms with Crippen LogP contribution in [0.3, 0.4) is 0 Å². The molecule has 146 valence electrons. The van der Waals surface area contributed by atoms with E-state index in [0.717, 1.165) is 64.2 Å². The lowest BCUT2D eigenvalue weighted by Gasteiger charge is -2.43. The number of rotatable bonds is 17. The quantitative estimate of drug-likeness (QED) is 0.312. The van der Waals surface area contributed by atoms with Gasteiger partial charge in [0.1, 0.15) is 5.60 Å². The minimum atomic E-state index is -1.35. The Bertz CT molecular complexity index is 268. The second-order valence-electron chi connectivity index (χ2n) is 7.65. The molecular formula is C21H44O3. The standard InChI is InChI=1S/C21H44O3/c1-4-7-10-13-16-20(23,17-14-11-8-5-2)21(24,19-22)18-15-12-9-6-3/h22-24H,4-19H2,1-3H3. The first-order chi connectivity index (χ1) is 11.5. The van der Waals surface area contributed by atoms with Gasteiger partial charge in [0.25, 0.3) is 0 Å². The van der Waals surface area contributed by atoms with Crippen molar-refractivity contribution in [2.24, 2.45) is 0 Å². The van der Waals surface area contributed by atoms with Gasteiger partial charge in [-0.05, 0) is 19.3 Å². The molecule has 0 radical (unpaired) electrons. The van der Waals surface area contributed by atoms with Gasteiger partial charge in [-0.3, -0.25) is 0 Å². The second kappa shape index (κ2) is 14.1. The van der Waals surface area contributed by atoms with E-state index in [1.165, 1.54) is 12.8 Å². The largest absolute Gasteiger partial charge is 0.393 e. The topological polar surface area (TPSA) is 60.7 Å². The second-order valence-corrected chi connectivity index (χ2v) is 7.65. The van der Waals surface area contributed by atoms with Gasteiger partial charge in [0.15, 0.2) is 0 Å². The lowest BCUT2D eigenvalue weighted by atomic mass is 9.73. The number of aliphatic hydroxyl groups is 3. The zero-order valence-electron chi connectivity index (χ0n) is 16.7. The number of unbranched alkanes of at least 4 members (excludes halogenated alkanes) is 9. The van der Waals surface area contributed by atoms with Crippen molar-refractivity contribution in [3.05, 3.63) is 0 Å². The minimum Gasteiger partial charge on any atom is -0.393 e. The van der Waals surface area contributed by atoms with Crippen molar-refractivity contribution in [3.8, 4) is 0 Å². The smallest absolute Gasteiger partial charge is 0.116 e. The van der Waals surface area contributed by atoms with Crippen molar-refractivity contribution in [1.82, 2.24) is 0 Å². The zero-order valence-corrected chi connectivity index (χ0v) is 16.7. The highest BCUT2D eigenvalue weighted by molar-refractivity contribution is 4.99. The minimum absolute atomic E-state index is 0.336. The zero-order chi connectivity index (χ0) is 18.3. The lowest BCUT2D eigenvalue weighted by molar-refractivity contribution is -0.185. The van der Waals surface area contributed by atoms with Crippen molar-refractivity contribution in [2.75, 3.05) is 6.61 Å². The van der Waals surface area contributed by atoms with E-state index in [2.05, 4.69) is 20.8 Å². The summed E-state index contributed by atoms with van der Waals surface area (Å²) >= 11 is 0. The molecule has 3 N–H and O–H groups in total. The highest BCUT2D eigenvalue weighted by Crippen LogP contribution is 2.37. The predicted octanol–water partition coefficient (Wildman–Crippen LogP) is 5.35. The Morgan fingerprint density at radius 1 is 0.500 bits per heavy atom. The van der Waals surface area contributed by atoms with Crippen LogP contribution in [0.15, 0.2) is 0 Å². The number of aliphatic hydroxyl groups excluding tert-OH is 1. The molecule has 0 amide bonds. The van der Waals surface area contributed by atoms with Crippen LogP contribution in [0.2, 0.25) is 0 Å². The number of hydrogen-bond acceptors (Lipinski definition) is 3. The Morgan fingerprint density at radius 2 is 0.833 bits per heavy atom. The molecule has 0 saturated heterocycles. The molecule has 3 heteroatoms. The summed E-state index contributed by atoms with van der Waals surface area (Å²) in [7, 11) is 0. The monoisotopic (exact) mass is 344 g/mol. The fourth-order valence-electron chi connectivity index (χ4n) is 3.58. The summed E-state index contributed by atoms with van der Waals surface area (Å²) in [6, 6.07) is 0. The van der Waals surface area contributed by atoms with Crippen molar-refractivity contribution in [1.29, 1.82) is 0 Å². The first-order valence-corrected chi connectivity index (χ1v) is 10.5. The molecule has 3 nitrogen and oxygen atoms in total. The van der Waals surface area contributed by atoms with E-state index in [1.54, 1.807) is 0 Å². The molecule has 0 aromatic carbocycles. The van der Waals surface area contributed by atoms with Gasteiger partial charge in [-0.1, -0.05) is 97.8 Å². The van der Waals surface area contributed by atoms with Crippen LogP contribution >= 0.6 is 0 Å². The Hall–Kier alpha value is -0.120. The summed E-state index contributed by atoms with van der Waals surface area (Å²) in [6.07, 6.45) is 14.6. The molecule has 0 aromatic rings. The summed E-state index contributed by atoms with van der Waals surface area (Å²) in [5.74, 6) is 0. The van der Waals surface area contributed by atoms with E-state index in [9.17, 15) is 15.3 Å². The third kappa shape index (κ3) is 8.82. The molecule has 0 bridgehead atoms. The van der Waals surface area contributed by atoms with Gasteiger partial charge in [0.05, 0.1) is 12.2 Å². The van der Waals surface area contributed by atoms with E-state index < -0.39 is 11.2 Å². The fourth-order valence-corrected chi connectivity index (χ4v) is 3.58. The summed E-state index contributed by atoms with van der Waals surface area (Å²) in [6.45, 7) is 6.18. The third-order valence-electron chi connectivity index (χ3n) is 5.46. The van der Waals surface area contributed by atoms with Crippen molar-refractivity contribution in [2.45, 2.75) is 128 Å². The molecule has 1 atom stereocenters. The summed E-state index contributed by atoms with van der Waals surface area (Å²) < 4.78 is 0. The van der Waals surface area contributed by atoms with Crippen LogP contribution in [-0.2, 0) is 0 Å². The van der Waals surface area contributed by atoms with Crippen LogP contribution < -0.4 is 0 Å². The third-order valence-corrected chi connectivity index (χ3v) is 5.46. The van der Waals surface area contributed by atoms with Gasteiger partial charge >= 0.3 is 0 Å². The Balaban J connectivity index is 4.78. The highest BCUT2D eigenvalue weighted by atomic mass is 16.4. The van der Waals surface area contributed by atoms with E-state index >= 15 is 0 Å². The van der Waals surface area contributed by atoms with Gasteiger partial charge in [-0.25, -0.2) is 0 Å². The first kappa shape index (κ1) is 23.9. The average Bonchev–Trinajstić information content (AvgIpc) is 2.59. The molecule has 0 aromatic heterocycles. The maximum Gasteiger partial charge on any atom is 0.116 e. The molecule has 0 rings (SSSR count). The molecule has 0 spiro atoms. The summed E-state index contributed by atoms with van der Waals surface area (Å²) in [4.78, 5) is 0. The van der Waals surface area contributed by atoms with Crippen LogP contribution in [0, 0.1) is 0 Å². The maximum absolute atomic E-state index is 11.3. The lowest BCUT2D eigenvalue weighted by Crippen LogP contribution is -2.56. The van der Waals surface area contributed by atoms with Crippen LogP contribution in [0.1, 0.15) is 117 Å². The molecular weight excluding hydrogens is 300 g/mol. The molecule has 1 unspecified atom stereocenters. The van der Waals surface area contributed by atoms with Crippen LogP contribution in [0.5, 0.6) is 0 Å². The molecule has 0 aliphatic heterocycles. The van der Waals surface area contributed by atoms with E-state index in [-0.39, 0.29) is 6.61 Å². The highest BCUT2D eigenvalue weighted by Gasteiger charge is 2.47. The van der Waals surface area contributed by atoms with Gasteiger partial charge < -0.3 is 15.3 Å². The Kier molecular flexibility index (Phi) is 14.0. The molecule has 0 aliphatic carbocycles. The first-order valence-electron chi connectivity index (χ1n) is 10.5. The van der Waals surface area contributed by atoms with Crippen molar-refractivity contribution >= 4 is 0 Å². The summed E-state index contributed by atoms with van der Waals surface area (Å²) in [5, 5.41) is 32.2. The molecule has 0 heterocycles. The fraction of sp³-hybridized carbons (Fsp3) is 1.00. The average molecular weight is 345 g/mol. The van der Waals surface area contributed by atoms with E-state index in [1.807, 2.05) is 0 Å². The van der Waals surface area contributed by atoms with Gasteiger partial charge in [-0.15, -0.1) is 0 Å². The molecule has 0 aliphatic rings. The molecule has 0 fully saturated rings. The van der Waals surface area contributed by atoms with Crippen molar-refractivity contribution in [3.63, 3.8) is 0 Å². The molecule has 0 saturated carbocycles. The SMILES string of the molecule is CCCCCCC(O)(CO)C(O)(CCCCCC)CCCCCC. The normalized spacial score (nSPS) is 14.8. The molecule has 24 heavy (non-hydrogen) atoms. The summed E-state index contributed by atoms with van der Waals surface area (Å²) in [5.41, 5.74) is -2.49. The van der Waals surface area contributed by atoms with Crippen LogP contribution in [0.25, 0.3) is 0 Å². The van der Waals surface area contributed by atoms with Crippen molar-refractivity contribution < 1.29 is 15.3 Å². The van der Waals surface area contributed by atoms with E-state index in [0.29, 0.717) is 19.3 Å².